The first-order valence-electron chi connectivity index (χ1n) is 4.82. The smallest absolute Gasteiger partial charge is 0.336 e. The van der Waals surface area contributed by atoms with Crippen LogP contribution in [-0.2, 0) is 10.0 Å². The van der Waals surface area contributed by atoms with Crippen LogP contribution in [0, 0.1) is 0 Å². The average Bonchev–Trinajstić information content (AvgIpc) is 2.65. The Morgan fingerprint density at radius 3 is 2.82 bits per heavy atom. The minimum Gasteiger partial charge on any atom is -0.478 e. The third kappa shape index (κ3) is 3.65. The van der Waals surface area contributed by atoms with Gasteiger partial charge in [-0.2, -0.15) is 0 Å². The van der Waals surface area contributed by atoms with E-state index >= 15 is 0 Å². The second-order valence-corrected chi connectivity index (χ2v) is 6.36. The third-order valence-electron chi connectivity index (χ3n) is 1.96. The summed E-state index contributed by atoms with van der Waals surface area (Å²) in [6.45, 7) is 5.23. The Morgan fingerprint density at radius 1 is 1.71 bits per heavy atom. The summed E-state index contributed by atoms with van der Waals surface area (Å²) in [5.74, 6) is -1.14. The van der Waals surface area contributed by atoms with Crippen molar-refractivity contribution in [2.45, 2.75) is 23.6 Å². The molecule has 1 rings (SSSR count). The Balaban J connectivity index is 2.89. The van der Waals surface area contributed by atoms with Gasteiger partial charge in [-0.05, 0) is 19.4 Å². The summed E-state index contributed by atoms with van der Waals surface area (Å²) in [6.07, 6.45) is 2.13. The molecule has 0 saturated heterocycles. The number of carboxylic acids is 1. The lowest BCUT2D eigenvalue weighted by atomic mass is 10.3. The molecular weight excluding hydrogens is 262 g/mol. The van der Waals surface area contributed by atoms with Crippen LogP contribution in [0.2, 0.25) is 0 Å². The van der Waals surface area contributed by atoms with Crippen molar-refractivity contribution in [2.24, 2.45) is 0 Å². The van der Waals surface area contributed by atoms with E-state index in [-0.39, 0.29) is 15.8 Å². The standard InChI is InChI=1S/C10H13NO4S2/c1-3-4-7(2)11-17(14,15)9-5-8(6-16-9)10(12)13/h3,5-7,11H,1,4H2,2H3,(H,12,13). The van der Waals surface area contributed by atoms with Crippen LogP contribution in [-0.4, -0.2) is 25.5 Å². The number of carboxylic acid groups (broad SMARTS) is 1. The molecule has 0 aliphatic heterocycles. The lowest BCUT2D eigenvalue weighted by Gasteiger charge is -2.10. The maximum Gasteiger partial charge on any atom is 0.336 e. The summed E-state index contributed by atoms with van der Waals surface area (Å²) in [7, 11) is -3.64. The van der Waals surface area contributed by atoms with Gasteiger partial charge >= 0.3 is 5.97 Å². The molecule has 17 heavy (non-hydrogen) atoms. The highest BCUT2D eigenvalue weighted by molar-refractivity contribution is 7.91. The molecule has 1 atom stereocenters. The number of sulfonamides is 1. The molecule has 2 N–H and O–H groups in total. The molecule has 0 radical (unpaired) electrons. The lowest BCUT2D eigenvalue weighted by Crippen LogP contribution is -2.31. The average molecular weight is 275 g/mol. The fraction of sp³-hybridized carbons (Fsp3) is 0.300. The van der Waals surface area contributed by atoms with Crippen LogP contribution in [0.5, 0.6) is 0 Å². The van der Waals surface area contributed by atoms with Gasteiger partial charge in [0.1, 0.15) is 4.21 Å². The molecule has 5 nitrogen and oxygen atoms in total. The van der Waals surface area contributed by atoms with Crippen molar-refractivity contribution in [3.05, 3.63) is 29.7 Å². The van der Waals surface area contributed by atoms with Crippen LogP contribution < -0.4 is 4.72 Å². The van der Waals surface area contributed by atoms with Crippen molar-refractivity contribution >= 4 is 27.3 Å². The number of hydrogen-bond donors (Lipinski definition) is 2. The SMILES string of the molecule is C=CCC(C)NS(=O)(=O)c1cc(C(=O)O)cs1. The number of nitrogens with one attached hydrogen (secondary N) is 1. The Bertz CT molecular complexity index is 518. The molecule has 1 unspecified atom stereocenters. The second kappa shape index (κ2) is 5.44. The second-order valence-electron chi connectivity index (χ2n) is 3.51. The van der Waals surface area contributed by atoms with E-state index in [4.69, 9.17) is 5.11 Å². The normalized spacial score (nSPS) is 13.2. The molecule has 0 amide bonds. The van der Waals surface area contributed by atoms with Crippen LogP contribution in [0.15, 0.2) is 28.3 Å². The Hall–Kier alpha value is -1.18. The Kier molecular flexibility index (Phi) is 4.44. The molecule has 1 aromatic heterocycles. The number of thiophene rings is 1. The quantitative estimate of drug-likeness (QED) is 0.774. The van der Waals surface area contributed by atoms with E-state index in [2.05, 4.69) is 11.3 Å². The van der Waals surface area contributed by atoms with Gasteiger partial charge in [-0.25, -0.2) is 17.9 Å². The van der Waals surface area contributed by atoms with Crippen molar-refractivity contribution < 1.29 is 18.3 Å². The van der Waals surface area contributed by atoms with Gasteiger partial charge in [-0.1, -0.05) is 6.08 Å². The van der Waals surface area contributed by atoms with Crippen LogP contribution in [0.25, 0.3) is 0 Å². The van der Waals surface area contributed by atoms with Gasteiger partial charge in [0, 0.05) is 11.4 Å². The van der Waals surface area contributed by atoms with E-state index < -0.39 is 16.0 Å². The summed E-state index contributed by atoms with van der Waals surface area (Å²) >= 11 is 0.888. The van der Waals surface area contributed by atoms with Crippen LogP contribution >= 0.6 is 11.3 Å². The van der Waals surface area contributed by atoms with Gasteiger partial charge < -0.3 is 5.11 Å². The zero-order chi connectivity index (χ0) is 13.1. The summed E-state index contributed by atoms with van der Waals surface area (Å²) in [4.78, 5) is 10.6. The molecule has 0 aromatic carbocycles. The highest BCUT2D eigenvalue weighted by Crippen LogP contribution is 2.20. The number of hydrogen-bond acceptors (Lipinski definition) is 4. The maximum absolute atomic E-state index is 11.8. The van der Waals surface area contributed by atoms with Gasteiger partial charge in [0.2, 0.25) is 10.0 Å². The van der Waals surface area contributed by atoms with E-state index in [9.17, 15) is 13.2 Å². The molecular formula is C10H13NO4S2. The molecule has 7 heteroatoms. The Morgan fingerprint density at radius 2 is 2.35 bits per heavy atom. The monoisotopic (exact) mass is 275 g/mol. The predicted octanol–water partition coefficient (Wildman–Crippen LogP) is 1.69. The van der Waals surface area contributed by atoms with Crippen molar-refractivity contribution in [1.82, 2.24) is 4.72 Å². The molecule has 1 heterocycles. The lowest BCUT2D eigenvalue weighted by molar-refractivity contribution is 0.0697. The Labute approximate surface area is 104 Å². The largest absolute Gasteiger partial charge is 0.478 e. The van der Waals surface area contributed by atoms with E-state index in [1.54, 1.807) is 13.0 Å². The summed E-state index contributed by atoms with van der Waals surface area (Å²) < 4.78 is 26.1. The van der Waals surface area contributed by atoms with Crippen LogP contribution in [0.4, 0.5) is 0 Å². The molecule has 0 aliphatic rings. The van der Waals surface area contributed by atoms with Crippen molar-refractivity contribution in [3.8, 4) is 0 Å². The molecule has 0 fully saturated rings. The van der Waals surface area contributed by atoms with Gasteiger partial charge in [0.25, 0.3) is 0 Å². The predicted molar refractivity (Wildman–Crippen MR) is 65.9 cm³/mol. The third-order valence-corrected chi connectivity index (χ3v) is 4.99. The zero-order valence-corrected chi connectivity index (χ0v) is 10.8. The van der Waals surface area contributed by atoms with E-state index in [1.807, 2.05) is 0 Å². The molecule has 94 valence electrons. The minimum absolute atomic E-state index is 0.00538. The molecule has 0 bridgehead atoms. The molecule has 0 saturated carbocycles. The first kappa shape index (κ1) is 13.9. The fourth-order valence-electron chi connectivity index (χ4n) is 1.19. The van der Waals surface area contributed by atoms with Gasteiger partial charge in [0.05, 0.1) is 5.56 Å². The van der Waals surface area contributed by atoms with Gasteiger partial charge in [-0.15, -0.1) is 17.9 Å². The molecule has 0 spiro atoms. The zero-order valence-electron chi connectivity index (χ0n) is 9.21. The number of carbonyl (C=O) groups is 1. The number of rotatable bonds is 6. The van der Waals surface area contributed by atoms with Crippen molar-refractivity contribution in [2.75, 3.05) is 0 Å². The van der Waals surface area contributed by atoms with Gasteiger partial charge in [-0.3, -0.25) is 0 Å². The molecule has 0 aliphatic carbocycles. The topological polar surface area (TPSA) is 83.5 Å². The summed E-state index contributed by atoms with van der Waals surface area (Å²) in [5, 5.41) is 10.0. The van der Waals surface area contributed by atoms with Crippen molar-refractivity contribution in [3.63, 3.8) is 0 Å². The highest BCUT2D eigenvalue weighted by Gasteiger charge is 2.20. The van der Waals surface area contributed by atoms with Crippen LogP contribution in [0.1, 0.15) is 23.7 Å². The van der Waals surface area contributed by atoms with Crippen LogP contribution in [0.3, 0.4) is 0 Å². The highest BCUT2D eigenvalue weighted by atomic mass is 32.2. The summed E-state index contributed by atoms with van der Waals surface area (Å²) in [6, 6.07) is 0.878. The maximum atomic E-state index is 11.8. The van der Waals surface area contributed by atoms with Crippen molar-refractivity contribution in [1.29, 1.82) is 0 Å². The van der Waals surface area contributed by atoms with E-state index in [0.717, 1.165) is 17.4 Å². The summed E-state index contributed by atoms with van der Waals surface area (Å²) in [5.41, 5.74) is -0.0215. The van der Waals surface area contributed by atoms with E-state index in [1.165, 1.54) is 5.38 Å². The number of aromatic carboxylic acids is 1. The van der Waals surface area contributed by atoms with Gasteiger partial charge in [0.15, 0.2) is 0 Å². The first-order valence-corrected chi connectivity index (χ1v) is 7.18. The molecule has 1 aromatic rings. The fourth-order valence-corrected chi connectivity index (χ4v) is 3.62. The minimum atomic E-state index is -3.64. The van der Waals surface area contributed by atoms with E-state index in [0.29, 0.717) is 6.42 Å². The first-order chi connectivity index (χ1) is 7.86.